The van der Waals surface area contributed by atoms with E-state index in [-0.39, 0.29) is 11.1 Å². The molecule has 0 unspecified atom stereocenters. The summed E-state index contributed by atoms with van der Waals surface area (Å²) in [5, 5.41) is 10.6. The molecular weight excluding hydrogens is 440 g/mol. The minimum atomic E-state index is 0.146. The normalized spacial score (nSPS) is 29.3. The first-order valence-corrected chi connectivity index (χ1v) is 14.5. The van der Waals surface area contributed by atoms with E-state index in [2.05, 4.69) is 110 Å². The van der Waals surface area contributed by atoms with Crippen LogP contribution >= 0.6 is 0 Å². The maximum absolute atomic E-state index is 2.68. The molecule has 0 N–H and O–H groups in total. The second-order valence-corrected chi connectivity index (χ2v) is 13.7. The molecule has 2 aromatic rings. The van der Waals surface area contributed by atoms with E-state index in [4.69, 9.17) is 0 Å². The van der Waals surface area contributed by atoms with Gasteiger partial charge in [0.1, 0.15) is 0 Å². The van der Waals surface area contributed by atoms with Crippen molar-refractivity contribution >= 4 is 11.4 Å². The number of nitrogens with zero attached hydrogens (tertiary/aromatic N) is 4. The van der Waals surface area contributed by atoms with Gasteiger partial charge in [-0.25, -0.2) is 10.0 Å². The van der Waals surface area contributed by atoms with Gasteiger partial charge in [-0.05, 0) is 128 Å². The topological polar surface area (TPSA) is 13.0 Å². The van der Waals surface area contributed by atoms with E-state index < -0.39 is 0 Å². The number of anilines is 2. The van der Waals surface area contributed by atoms with Gasteiger partial charge in [-0.1, -0.05) is 24.3 Å². The van der Waals surface area contributed by atoms with Crippen molar-refractivity contribution in [3.05, 3.63) is 48.5 Å². The highest BCUT2D eigenvalue weighted by Gasteiger charge is 2.46. The summed E-state index contributed by atoms with van der Waals surface area (Å²) in [5.74, 6) is 0. The molecular formula is C32H46N4. The molecule has 4 nitrogen and oxygen atoms in total. The zero-order valence-electron chi connectivity index (χ0n) is 23.4. The fraction of sp³-hybridized carbons (Fsp3) is 0.625. The molecule has 4 saturated heterocycles. The third-order valence-electron chi connectivity index (χ3n) is 9.15. The molecule has 2 saturated carbocycles. The van der Waals surface area contributed by atoms with Gasteiger partial charge in [0.2, 0.25) is 0 Å². The molecule has 0 amide bonds. The summed E-state index contributed by atoms with van der Waals surface area (Å²) >= 11 is 0. The molecule has 0 radical (unpaired) electrons. The van der Waals surface area contributed by atoms with Crippen molar-refractivity contribution in [3.8, 4) is 11.1 Å². The first-order chi connectivity index (χ1) is 17.1. The van der Waals surface area contributed by atoms with Gasteiger partial charge in [0.15, 0.2) is 0 Å². The Morgan fingerprint density at radius 3 is 1.00 bits per heavy atom. The molecule has 0 aromatic heterocycles. The quantitative estimate of drug-likeness (QED) is 0.442. The van der Waals surface area contributed by atoms with Crippen LogP contribution in [0.2, 0.25) is 0 Å². The van der Waals surface area contributed by atoms with Crippen LogP contribution in [0.5, 0.6) is 0 Å². The monoisotopic (exact) mass is 486 g/mol. The van der Waals surface area contributed by atoms with Crippen LogP contribution in [0.3, 0.4) is 0 Å². The minimum absolute atomic E-state index is 0.146. The molecule has 2 aliphatic carbocycles. The summed E-state index contributed by atoms with van der Waals surface area (Å²) in [4.78, 5) is 0. The largest absolute Gasteiger partial charge is 0.302 e. The maximum atomic E-state index is 2.68. The first kappa shape index (κ1) is 24.3. The second-order valence-electron chi connectivity index (χ2n) is 13.7. The Hall–Kier alpha value is -2.04. The SMILES string of the molecule is CC(C)(C)N1C2CCC(CC2)N1c1ccc(-c2ccc(N3C4CCC(CC4)N3C(C)(C)C)cc2)cc1. The fourth-order valence-electron chi connectivity index (χ4n) is 7.82. The fourth-order valence-corrected chi connectivity index (χ4v) is 7.82. The summed E-state index contributed by atoms with van der Waals surface area (Å²) in [6, 6.07) is 21.4. The molecule has 0 atom stereocenters. The van der Waals surface area contributed by atoms with Crippen molar-refractivity contribution in [2.24, 2.45) is 0 Å². The molecule has 4 bridgehead atoms. The summed E-state index contributed by atoms with van der Waals surface area (Å²) in [6.45, 7) is 14.2. The molecule has 4 heterocycles. The van der Waals surface area contributed by atoms with Crippen LogP contribution in [0.15, 0.2) is 48.5 Å². The van der Waals surface area contributed by atoms with Crippen LogP contribution in [0, 0.1) is 0 Å². The van der Waals surface area contributed by atoms with Crippen molar-refractivity contribution in [2.75, 3.05) is 10.0 Å². The second kappa shape index (κ2) is 8.77. The molecule has 8 rings (SSSR count). The van der Waals surface area contributed by atoms with E-state index in [1.54, 1.807) is 0 Å². The van der Waals surface area contributed by atoms with Crippen molar-refractivity contribution in [1.29, 1.82) is 0 Å². The average molecular weight is 487 g/mol. The maximum Gasteiger partial charge on any atom is 0.0526 e. The molecule has 4 aliphatic heterocycles. The van der Waals surface area contributed by atoms with Gasteiger partial charge < -0.3 is 10.0 Å². The Kier molecular flexibility index (Phi) is 5.92. The summed E-state index contributed by atoms with van der Waals surface area (Å²) in [7, 11) is 0. The van der Waals surface area contributed by atoms with Crippen LogP contribution in [-0.4, -0.2) is 45.3 Å². The average Bonchev–Trinajstić information content (AvgIpc) is 2.88. The number of hydrogen-bond acceptors (Lipinski definition) is 4. The van der Waals surface area contributed by atoms with Gasteiger partial charge in [-0.15, -0.1) is 0 Å². The molecule has 0 spiro atoms. The zero-order chi connectivity index (χ0) is 25.2. The van der Waals surface area contributed by atoms with Crippen LogP contribution in [-0.2, 0) is 0 Å². The lowest BCUT2D eigenvalue weighted by atomic mass is 9.84. The lowest BCUT2D eigenvalue weighted by Gasteiger charge is -2.59. The van der Waals surface area contributed by atoms with Crippen LogP contribution in [0.25, 0.3) is 11.1 Å². The third-order valence-corrected chi connectivity index (χ3v) is 9.15. The van der Waals surface area contributed by atoms with Gasteiger partial charge in [0, 0.05) is 35.2 Å². The van der Waals surface area contributed by atoms with Gasteiger partial charge in [-0.3, -0.25) is 0 Å². The van der Waals surface area contributed by atoms with E-state index in [1.807, 2.05) is 0 Å². The highest BCUT2D eigenvalue weighted by atomic mass is 15.7. The van der Waals surface area contributed by atoms with Crippen molar-refractivity contribution in [2.45, 2.75) is 128 Å². The molecule has 2 aromatic carbocycles. The molecule has 36 heavy (non-hydrogen) atoms. The van der Waals surface area contributed by atoms with Crippen LogP contribution < -0.4 is 10.0 Å². The summed E-state index contributed by atoms with van der Waals surface area (Å²) < 4.78 is 0. The van der Waals surface area contributed by atoms with E-state index in [0.29, 0.717) is 24.2 Å². The zero-order valence-corrected chi connectivity index (χ0v) is 23.4. The Morgan fingerprint density at radius 1 is 0.444 bits per heavy atom. The summed E-state index contributed by atoms with van der Waals surface area (Å²) in [6.07, 6.45) is 10.7. The standard InChI is InChI=1S/C32H46N4/c1-31(2,3)35-29-19-15-27(16-20-29)33(35)25-11-7-23(8-12-25)24-9-13-26(14-10-24)34-28-17-21-30(22-18-28)36(34)32(4,5)6/h7-14,27-30H,15-22H2,1-6H3. The van der Waals surface area contributed by atoms with Crippen molar-refractivity contribution < 1.29 is 0 Å². The van der Waals surface area contributed by atoms with E-state index in [1.165, 1.54) is 73.9 Å². The molecule has 6 fully saturated rings. The Bertz CT molecular complexity index is 958. The predicted octanol–water partition coefficient (Wildman–Crippen LogP) is 7.65. The smallest absolute Gasteiger partial charge is 0.0526 e. The van der Waals surface area contributed by atoms with E-state index >= 15 is 0 Å². The number of hydrazine groups is 2. The van der Waals surface area contributed by atoms with Crippen molar-refractivity contribution in [1.82, 2.24) is 10.0 Å². The molecule has 194 valence electrons. The summed E-state index contributed by atoms with van der Waals surface area (Å²) in [5.41, 5.74) is 5.61. The van der Waals surface area contributed by atoms with Gasteiger partial charge in [0.05, 0.1) is 11.4 Å². The van der Waals surface area contributed by atoms with E-state index in [9.17, 15) is 0 Å². The lowest BCUT2D eigenvalue weighted by molar-refractivity contribution is -0.0144. The number of hydrogen-bond donors (Lipinski definition) is 0. The minimum Gasteiger partial charge on any atom is -0.302 e. The Labute approximate surface area is 219 Å². The van der Waals surface area contributed by atoms with Crippen LogP contribution in [0.4, 0.5) is 11.4 Å². The lowest BCUT2D eigenvalue weighted by Crippen LogP contribution is -2.67. The van der Waals surface area contributed by atoms with E-state index in [0.717, 1.165) is 0 Å². The highest BCUT2D eigenvalue weighted by Crippen LogP contribution is 2.44. The van der Waals surface area contributed by atoms with Crippen molar-refractivity contribution in [3.63, 3.8) is 0 Å². The van der Waals surface area contributed by atoms with Crippen LogP contribution in [0.1, 0.15) is 92.9 Å². The predicted molar refractivity (Wildman–Crippen MR) is 152 cm³/mol. The highest BCUT2D eigenvalue weighted by molar-refractivity contribution is 5.69. The first-order valence-electron chi connectivity index (χ1n) is 14.5. The Morgan fingerprint density at radius 2 is 0.722 bits per heavy atom. The molecule has 4 heteroatoms. The number of fused-ring (bicyclic) bond motifs is 6. The number of benzene rings is 2. The van der Waals surface area contributed by atoms with Gasteiger partial charge in [-0.2, -0.15) is 0 Å². The third kappa shape index (κ3) is 4.15. The molecule has 6 aliphatic rings. The Balaban J connectivity index is 1.24. The van der Waals surface area contributed by atoms with Gasteiger partial charge >= 0.3 is 0 Å². The van der Waals surface area contributed by atoms with Gasteiger partial charge in [0.25, 0.3) is 0 Å². The number of rotatable bonds is 3.